The summed E-state index contributed by atoms with van der Waals surface area (Å²) in [6.07, 6.45) is 5.07. The zero-order valence-corrected chi connectivity index (χ0v) is 13.0. The van der Waals surface area contributed by atoms with Crippen LogP contribution < -0.4 is 0 Å². The molecule has 1 aliphatic rings. The molecule has 0 amide bonds. The number of aromatic nitrogens is 1. The van der Waals surface area contributed by atoms with Gasteiger partial charge in [-0.05, 0) is 52.2 Å². The lowest BCUT2D eigenvalue weighted by atomic mass is 9.88. The molecule has 2 heterocycles. The van der Waals surface area contributed by atoms with E-state index in [0.29, 0.717) is 11.6 Å². The molecule has 0 N–H and O–H groups in total. The Morgan fingerprint density at radius 3 is 2.83 bits per heavy atom. The van der Waals surface area contributed by atoms with Crippen LogP contribution in [0.2, 0.25) is 0 Å². The largest absolute Gasteiger partial charge is 0.263 e. The molecule has 2 rings (SSSR count). The molecule has 18 heavy (non-hydrogen) atoms. The maximum absolute atomic E-state index is 11.5. The monoisotopic (exact) mass is 351 g/mol. The van der Waals surface area contributed by atoms with Crippen LogP contribution in [0.15, 0.2) is 22.9 Å². The quantitative estimate of drug-likeness (QED) is 0.783. The molecule has 0 aromatic carbocycles. The summed E-state index contributed by atoms with van der Waals surface area (Å²) in [5, 5.41) is 0. The Labute approximate surface area is 121 Å². The minimum absolute atomic E-state index is 0.187. The van der Waals surface area contributed by atoms with Crippen molar-refractivity contribution in [3.05, 3.63) is 28.5 Å². The van der Waals surface area contributed by atoms with Gasteiger partial charge in [-0.15, -0.1) is 11.6 Å². The van der Waals surface area contributed by atoms with Gasteiger partial charge in [-0.2, -0.15) is 0 Å². The van der Waals surface area contributed by atoms with Gasteiger partial charge in [-0.3, -0.25) is 4.98 Å². The van der Waals surface area contributed by atoms with E-state index in [4.69, 9.17) is 11.6 Å². The average Bonchev–Trinajstić information content (AvgIpc) is 2.66. The zero-order valence-electron chi connectivity index (χ0n) is 9.85. The summed E-state index contributed by atoms with van der Waals surface area (Å²) in [7, 11) is -2.83. The number of sulfone groups is 1. The highest BCUT2D eigenvalue weighted by molar-refractivity contribution is 9.10. The summed E-state index contributed by atoms with van der Waals surface area (Å²) in [5.41, 5.74) is 1.10. The number of pyridine rings is 1. The molecule has 1 fully saturated rings. The predicted molar refractivity (Wildman–Crippen MR) is 76.6 cm³/mol. The maximum atomic E-state index is 11.5. The summed E-state index contributed by atoms with van der Waals surface area (Å²) in [6, 6.07) is 2.01. The molecule has 1 aromatic rings. The number of halogens is 2. The predicted octanol–water partition coefficient (Wildman–Crippen LogP) is 2.68. The Balaban J connectivity index is 2.06. The molecule has 3 nitrogen and oxygen atoms in total. The molecule has 6 heteroatoms. The van der Waals surface area contributed by atoms with Gasteiger partial charge in [0.15, 0.2) is 9.84 Å². The Morgan fingerprint density at radius 2 is 2.28 bits per heavy atom. The first kappa shape index (κ1) is 14.3. The second-order valence-corrected chi connectivity index (χ2v) is 8.25. The molecule has 0 saturated carbocycles. The fraction of sp³-hybridized carbons (Fsp3) is 0.583. The van der Waals surface area contributed by atoms with Crippen molar-refractivity contribution in [2.24, 2.45) is 11.8 Å². The van der Waals surface area contributed by atoms with Gasteiger partial charge in [0.25, 0.3) is 0 Å². The molecular weight excluding hydrogens is 338 g/mol. The number of hydrogen-bond donors (Lipinski definition) is 0. The SMILES string of the molecule is O=S1(=O)CCC(C(CCl)Cc2cncc(Br)c2)C1. The van der Waals surface area contributed by atoms with Gasteiger partial charge in [-0.1, -0.05) is 0 Å². The van der Waals surface area contributed by atoms with E-state index in [0.717, 1.165) is 22.9 Å². The van der Waals surface area contributed by atoms with Crippen LogP contribution in [-0.4, -0.2) is 30.8 Å². The molecular formula is C12H15BrClNO2S. The number of rotatable bonds is 4. The van der Waals surface area contributed by atoms with Gasteiger partial charge in [0.1, 0.15) is 0 Å². The number of alkyl halides is 1. The maximum Gasteiger partial charge on any atom is 0.150 e. The highest BCUT2D eigenvalue weighted by Gasteiger charge is 2.33. The van der Waals surface area contributed by atoms with Crippen molar-refractivity contribution >= 4 is 37.4 Å². The van der Waals surface area contributed by atoms with E-state index in [9.17, 15) is 8.42 Å². The highest BCUT2D eigenvalue weighted by atomic mass is 79.9. The summed E-state index contributed by atoms with van der Waals surface area (Å²) >= 11 is 9.39. The van der Waals surface area contributed by atoms with Crippen LogP contribution >= 0.6 is 27.5 Å². The van der Waals surface area contributed by atoms with E-state index in [1.807, 2.05) is 12.3 Å². The lowest BCUT2D eigenvalue weighted by Crippen LogP contribution is -2.20. The molecule has 2 unspecified atom stereocenters. The Kier molecular flexibility index (Phi) is 4.67. The smallest absolute Gasteiger partial charge is 0.150 e. The van der Waals surface area contributed by atoms with Crippen LogP contribution in [0.25, 0.3) is 0 Å². The highest BCUT2D eigenvalue weighted by Crippen LogP contribution is 2.29. The molecule has 100 valence electrons. The van der Waals surface area contributed by atoms with Crippen molar-refractivity contribution in [3.8, 4) is 0 Å². The van der Waals surface area contributed by atoms with Crippen molar-refractivity contribution in [1.82, 2.24) is 4.98 Å². The second kappa shape index (κ2) is 5.88. The molecule has 0 bridgehead atoms. The van der Waals surface area contributed by atoms with E-state index in [-0.39, 0.29) is 17.6 Å². The van der Waals surface area contributed by atoms with E-state index in [1.54, 1.807) is 6.20 Å². The summed E-state index contributed by atoms with van der Waals surface area (Å²) in [6.45, 7) is 0. The fourth-order valence-electron chi connectivity index (χ4n) is 2.41. The van der Waals surface area contributed by atoms with Gasteiger partial charge >= 0.3 is 0 Å². The minimum Gasteiger partial charge on any atom is -0.263 e. The van der Waals surface area contributed by atoms with Gasteiger partial charge in [0.05, 0.1) is 11.5 Å². The molecule has 0 aliphatic carbocycles. The first-order valence-corrected chi connectivity index (χ1v) is 9.01. The molecule has 0 spiro atoms. The molecule has 0 radical (unpaired) electrons. The minimum atomic E-state index is -2.83. The third kappa shape index (κ3) is 3.68. The molecule has 1 aliphatic heterocycles. The molecule has 1 aromatic heterocycles. The van der Waals surface area contributed by atoms with Crippen LogP contribution in [0, 0.1) is 11.8 Å². The lowest BCUT2D eigenvalue weighted by Gasteiger charge is -2.19. The van der Waals surface area contributed by atoms with Crippen LogP contribution in [0.5, 0.6) is 0 Å². The standard InChI is InChI=1S/C12H15BrClNO2S/c13-12-4-9(6-15-7-12)3-11(5-14)10-1-2-18(16,17)8-10/h4,6-7,10-11H,1-3,5,8H2. The van der Waals surface area contributed by atoms with Crippen LogP contribution in [0.3, 0.4) is 0 Å². The summed E-state index contributed by atoms with van der Waals surface area (Å²) in [4.78, 5) is 4.12. The summed E-state index contributed by atoms with van der Waals surface area (Å²) in [5.74, 6) is 1.48. The first-order chi connectivity index (χ1) is 8.50. The first-order valence-electron chi connectivity index (χ1n) is 5.86. The van der Waals surface area contributed by atoms with Crippen molar-refractivity contribution in [3.63, 3.8) is 0 Å². The van der Waals surface area contributed by atoms with Crippen LogP contribution in [0.1, 0.15) is 12.0 Å². The van der Waals surface area contributed by atoms with E-state index < -0.39 is 9.84 Å². The molecule has 1 saturated heterocycles. The van der Waals surface area contributed by atoms with Crippen molar-refractivity contribution in [2.75, 3.05) is 17.4 Å². The Bertz CT molecular complexity index is 521. The topological polar surface area (TPSA) is 47.0 Å². The van der Waals surface area contributed by atoms with Gasteiger partial charge in [-0.25, -0.2) is 8.42 Å². The average molecular weight is 353 g/mol. The third-order valence-corrected chi connectivity index (χ3v) is 6.02. The van der Waals surface area contributed by atoms with Crippen molar-refractivity contribution in [2.45, 2.75) is 12.8 Å². The Hall–Kier alpha value is -0.130. The van der Waals surface area contributed by atoms with E-state index in [1.165, 1.54) is 0 Å². The second-order valence-electron chi connectivity index (χ2n) is 4.79. The van der Waals surface area contributed by atoms with Gasteiger partial charge < -0.3 is 0 Å². The fourth-order valence-corrected chi connectivity index (χ4v) is 5.11. The van der Waals surface area contributed by atoms with E-state index >= 15 is 0 Å². The lowest BCUT2D eigenvalue weighted by molar-refractivity contribution is 0.397. The van der Waals surface area contributed by atoms with Crippen LogP contribution in [0.4, 0.5) is 0 Å². The molecule has 2 atom stereocenters. The Morgan fingerprint density at radius 1 is 1.50 bits per heavy atom. The van der Waals surface area contributed by atoms with Gasteiger partial charge in [0, 0.05) is 22.7 Å². The zero-order chi connectivity index (χ0) is 13.2. The van der Waals surface area contributed by atoms with Crippen molar-refractivity contribution < 1.29 is 8.42 Å². The van der Waals surface area contributed by atoms with Crippen LogP contribution in [-0.2, 0) is 16.3 Å². The van der Waals surface area contributed by atoms with Gasteiger partial charge in [0.2, 0.25) is 0 Å². The number of hydrogen-bond acceptors (Lipinski definition) is 3. The normalized spacial score (nSPS) is 24.0. The van der Waals surface area contributed by atoms with Crippen molar-refractivity contribution in [1.29, 1.82) is 0 Å². The number of nitrogens with zero attached hydrogens (tertiary/aromatic N) is 1. The third-order valence-electron chi connectivity index (χ3n) is 3.39. The van der Waals surface area contributed by atoms with E-state index in [2.05, 4.69) is 20.9 Å². The summed E-state index contributed by atoms with van der Waals surface area (Å²) < 4.78 is 23.9.